The van der Waals surface area contributed by atoms with Crippen molar-refractivity contribution in [1.82, 2.24) is 9.97 Å². The highest BCUT2D eigenvalue weighted by Crippen LogP contribution is 2.34. The van der Waals surface area contributed by atoms with E-state index < -0.39 is 0 Å². The van der Waals surface area contributed by atoms with E-state index in [1.165, 1.54) is 52.8 Å². The van der Waals surface area contributed by atoms with Crippen LogP contribution in [-0.2, 0) is 12.8 Å². The summed E-state index contributed by atoms with van der Waals surface area (Å²) >= 11 is 0. The Morgan fingerprint density at radius 3 is 2.54 bits per heavy atom. The topological polar surface area (TPSA) is 25.8 Å². The first-order chi connectivity index (χ1) is 11.9. The largest absolute Gasteiger partial charge is 0.261 e. The summed E-state index contributed by atoms with van der Waals surface area (Å²) in [6.07, 6.45) is 10.4. The molecular weight excluding hydrogens is 292 g/mol. The molecule has 0 saturated heterocycles. The zero-order valence-corrected chi connectivity index (χ0v) is 13.5. The SMILES string of the molecule is c1cnc(-c2ccc3ccc4c5c(ccc4c3c2)CCCC5)cn1. The second-order valence-electron chi connectivity index (χ2n) is 6.60. The van der Waals surface area contributed by atoms with Crippen molar-refractivity contribution in [1.29, 1.82) is 0 Å². The zero-order valence-electron chi connectivity index (χ0n) is 13.5. The fourth-order valence-electron chi connectivity index (χ4n) is 4.00. The molecule has 0 unspecified atom stereocenters. The number of hydrogen-bond acceptors (Lipinski definition) is 2. The third-order valence-corrected chi connectivity index (χ3v) is 5.21. The molecule has 24 heavy (non-hydrogen) atoms. The van der Waals surface area contributed by atoms with Gasteiger partial charge in [0.15, 0.2) is 0 Å². The molecular formula is C22H18N2. The predicted octanol–water partition coefficient (Wildman–Crippen LogP) is 5.33. The van der Waals surface area contributed by atoms with Gasteiger partial charge in [0, 0.05) is 18.0 Å². The lowest BCUT2D eigenvalue weighted by atomic mass is 9.86. The predicted molar refractivity (Wildman–Crippen MR) is 99.1 cm³/mol. The van der Waals surface area contributed by atoms with E-state index in [9.17, 15) is 0 Å². The van der Waals surface area contributed by atoms with Crippen LogP contribution in [0.3, 0.4) is 0 Å². The fraction of sp³-hybridized carbons (Fsp3) is 0.182. The molecule has 0 aliphatic heterocycles. The lowest BCUT2D eigenvalue weighted by Gasteiger charge is -2.19. The van der Waals surface area contributed by atoms with E-state index in [-0.39, 0.29) is 0 Å². The molecule has 5 rings (SSSR count). The maximum absolute atomic E-state index is 4.44. The average Bonchev–Trinajstić information content (AvgIpc) is 2.67. The van der Waals surface area contributed by atoms with E-state index >= 15 is 0 Å². The van der Waals surface area contributed by atoms with Gasteiger partial charge in [-0.25, -0.2) is 0 Å². The van der Waals surface area contributed by atoms with Crippen molar-refractivity contribution in [3.63, 3.8) is 0 Å². The Bertz CT molecular complexity index is 1050. The molecule has 1 aromatic heterocycles. The van der Waals surface area contributed by atoms with E-state index in [1.807, 2.05) is 6.20 Å². The minimum absolute atomic E-state index is 0.925. The number of nitrogens with zero attached hydrogens (tertiary/aromatic N) is 2. The number of benzene rings is 3. The number of fused-ring (bicyclic) bond motifs is 5. The zero-order chi connectivity index (χ0) is 15.9. The summed E-state index contributed by atoms with van der Waals surface area (Å²) in [4.78, 5) is 8.64. The van der Waals surface area contributed by atoms with Crippen LogP contribution < -0.4 is 0 Å². The van der Waals surface area contributed by atoms with Crippen molar-refractivity contribution in [2.45, 2.75) is 25.7 Å². The molecule has 0 atom stereocenters. The summed E-state index contributed by atoms with van der Waals surface area (Å²) < 4.78 is 0. The number of aromatic nitrogens is 2. The first-order valence-electron chi connectivity index (χ1n) is 8.64. The number of rotatable bonds is 1. The minimum atomic E-state index is 0.925. The van der Waals surface area contributed by atoms with Gasteiger partial charge in [-0.2, -0.15) is 0 Å². The van der Waals surface area contributed by atoms with Gasteiger partial charge in [0.2, 0.25) is 0 Å². The van der Waals surface area contributed by atoms with Crippen LogP contribution in [0.1, 0.15) is 24.0 Å². The van der Waals surface area contributed by atoms with Crippen molar-refractivity contribution in [3.05, 3.63) is 72.2 Å². The molecule has 0 N–H and O–H groups in total. The normalized spacial score (nSPS) is 14.0. The molecule has 0 amide bonds. The van der Waals surface area contributed by atoms with Crippen LogP contribution >= 0.6 is 0 Å². The molecule has 0 fully saturated rings. The van der Waals surface area contributed by atoms with Crippen molar-refractivity contribution >= 4 is 21.5 Å². The summed E-state index contributed by atoms with van der Waals surface area (Å²) in [7, 11) is 0. The van der Waals surface area contributed by atoms with Crippen molar-refractivity contribution in [2.75, 3.05) is 0 Å². The molecule has 0 spiro atoms. The maximum Gasteiger partial charge on any atom is 0.0885 e. The molecule has 0 saturated carbocycles. The molecule has 1 aliphatic rings. The first kappa shape index (κ1) is 13.7. The Morgan fingerprint density at radius 2 is 1.62 bits per heavy atom. The highest BCUT2D eigenvalue weighted by Gasteiger charge is 2.13. The van der Waals surface area contributed by atoms with Gasteiger partial charge >= 0.3 is 0 Å². The summed E-state index contributed by atoms with van der Waals surface area (Å²) in [5.74, 6) is 0. The molecule has 3 aromatic carbocycles. The van der Waals surface area contributed by atoms with Gasteiger partial charge in [0.1, 0.15) is 0 Å². The van der Waals surface area contributed by atoms with E-state index in [1.54, 1.807) is 18.0 Å². The quantitative estimate of drug-likeness (QED) is 0.444. The molecule has 0 bridgehead atoms. The fourth-order valence-corrected chi connectivity index (χ4v) is 4.00. The highest BCUT2D eigenvalue weighted by molar-refractivity contribution is 6.09. The monoisotopic (exact) mass is 310 g/mol. The smallest absolute Gasteiger partial charge is 0.0885 e. The maximum atomic E-state index is 4.44. The molecule has 0 radical (unpaired) electrons. The lowest BCUT2D eigenvalue weighted by molar-refractivity contribution is 0.690. The number of aryl methyl sites for hydroxylation is 2. The van der Waals surface area contributed by atoms with Crippen molar-refractivity contribution in [3.8, 4) is 11.3 Å². The van der Waals surface area contributed by atoms with Crippen LogP contribution in [0.15, 0.2) is 61.1 Å². The Kier molecular flexibility index (Phi) is 3.08. The highest BCUT2D eigenvalue weighted by atomic mass is 14.8. The number of hydrogen-bond donors (Lipinski definition) is 0. The van der Waals surface area contributed by atoms with Crippen molar-refractivity contribution < 1.29 is 0 Å². The molecule has 2 nitrogen and oxygen atoms in total. The standard InChI is InChI=1S/C22H18N2/c1-2-4-18-15(3-1)7-10-20-19(18)9-8-16-5-6-17(13-21(16)20)22-14-23-11-12-24-22/h5-14H,1-4H2. The molecule has 1 heterocycles. The van der Waals surface area contributed by atoms with Crippen LogP contribution in [0, 0.1) is 0 Å². The average molecular weight is 310 g/mol. The lowest BCUT2D eigenvalue weighted by Crippen LogP contribution is -2.03. The van der Waals surface area contributed by atoms with E-state index in [2.05, 4.69) is 52.4 Å². The third-order valence-electron chi connectivity index (χ3n) is 5.21. The second kappa shape index (κ2) is 5.41. The van der Waals surface area contributed by atoms with Gasteiger partial charge in [0.25, 0.3) is 0 Å². The second-order valence-corrected chi connectivity index (χ2v) is 6.60. The molecule has 1 aliphatic carbocycles. The Hall–Kier alpha value is -2.74. The van der Waals surface area contributed by atoms with Gasteiger partial charge in [-0.3, -0.25) is 9.97 Å². The molecule has 116 valence electrons. The van der Waals surface area contributed by atoms with Crippen LogP contribution in [0.4, 0.5) is 0 Å². The van der Waals surface area contributed by atoms with Gasteiger partial charge in [0.05, 0.1) is 11.9 Å². The third kappa shape index (κ3) is 2.10. The molecule has 4 aromatic rings. The molecule has 2 heteroatoms. The summed E-state index contributed by atoms with van der Waals surface area (Å²) in [6.45, 7) is 0. The Balaban J connectivity index is 1.80. The van der Waals surface area contributed by atoms with Crippen LogP contribution in [-0.4, -0.2) is 9.97 Å². The van der Waals surface area contributed by atoms with E-state index in [0.29, 0.717) is 0 Å². The van der Waals surface area contributed by atoms with Crippen LogP contribution in [0.25, 0.3) is 32.8 Å². The Morgan fingerprint density at radius 1 is 0.750 bits per heavy atom. The Labute approximate surface area is 141 Å². The van der Waals surface area contributed by atoms with Crippen LogP contribution in [0.2, 0.25) is 0 Å². The van der Waals surface area contributed by atoms with E-state index in [4.69, 9.17) is 0 Å². The van der Waals surface area contributed by atoms with Gasteiger partial charge in [-0.1, -0.05) is 36.4 Å². The van der Waals surface area contributed by atoms with E-state index in [0.717, 1.165) is 11.3 Å². The summed E-state index contributed by atoms with van der Waals surface area (Å²) in [6, 6.07) is 15.8. The van der Waals surface area contributed by atoms with Crippen molar-refractivity contribution in [2.24, 2.45) is 0 Å². The minimum Gasteiger partial charge on any atom is -0.261 e. The first-order valence-corrected chi connectivity index (χ1v) is 8.64. The van der Waals surface area contributed by atoms with Crippen LogP contribution in [0.5, 0.6) is 0 Å². The van der Waals surface area contributed by atoms with Gasteiger partial charge in [-0.05, 0) is 64.4 Å². The van der Waals surface area contributed by atoms with Gasteiger partial charge < -0.3 is 0 Å². The summed E-state index contributed by atoms with van der Waals surface area (Å²) in [5.41, 5.74) is 5.15. The summed E-state index contributed by atoms with van der Waals surface area (Å²) in [5, 5.41) is 5.38. The van der Waals surface area contributed by atoms with Gasteiger partial charge in [-0.15, -0.1) is 0 Å².